The summed E-state index contributed by atoms with van der Waals surface area (Å²) in [6.45, 7) is 1.90. The first kappa shape index (κ1) is 17.2. The Kier molecular flexibility index (Phi) is 4.38. The second-order valence-electron chi connectivity index (χ2n) is 6.27. The molecule has 0 bridgehead atoms. The molecule has 0 radical (unpaired) electrons. The summed E-state index contributed by atoms with van der Waals surface area (Å²) >= 11 is 6.33. The van der Waals surface area contributed by atoms with Gasteiger partial charge in [0.1, 0.15) is 5.65 Å². The van der Waals surface area contributed by atoms with Crippen molar-refractivity contribution in [3.8, 4) is 11.1 Å². The summed E-state index contributed by atoms with van der Waals surface area (Å²) in [5, 5.41) is 4.51. The van der Waals surface area contributed by atoms with Gasteiger partial charge in [-0.05, 0) is 30.7 Å². The first-order chi connectivity index (χ1) is 13.1. The fraction of sp³-hybridized carbons (Fsp3) is 0.0952. The van der Waals surface area contributed by atoms with Crippen LogP contribution in [-0.2, 0) is 7.05 Å². The van der Waals surface area contributed by atoms with Crippen LogP contribution in [-0.4, -0.2) is 14.5 Å². The standard InChI is InChI=1S/C21H17ClN4O/c1-13-16-12-23-21(24-14-8-4-3-5-9-14)25-19(16)26(2)20(27)18(13)15-10-6-7-11-17(15)22/h3-12H,1-2H3,(H,23,24,25). The minimum Gasteiger partial charge on any atom is -0.324 e. The Bertz CT molecular complexity index is 1200. The maximum absolute atomic E-state index is 13.0. The number of aryl methyl sites for hydroxylation is 2. The Labute approximate surface area is 161 Å². The van der Waals surface area contributed by atoms with Gasteiger partial charge in [0.05, 0.1) is 5.56 Å². The number of halogens is 1. The summed E-state index contributed by atoms with van der Waals surface area (Å²) in [4.78, 5) is 22.0. The molecule has 0 fully saturated rings. The number of nitrogens with zero attached hydrogens (tertiary/aromatic N) is 3. The average Bonchev–Trinajstić information content (AvgIpc) is 2.68. The van der Waals surface area contributed by atoms with Gasteiger partial charge in [-0.25, -0.2) is 4.98 Å². The lowest BCUT2D eigenvalue weighted by Gasteiger charge is -2.14. The Morgan fingerprint density at radius 3 is 2.48 bits per heavy atom. The average molecular weight is 377 g/mol. The van der Waals surface area contributed by atoms with E-state index in [0.29, 0.717) is 27.7 Å². The molecule has 6 heteroatoms. The van der Waals surface area contributed by atoms with Crippen LogP contribution in [0.15, 0.2) is 65.6 Å². The molecule has 2 aromatic heterocycles. The van der Waals surface area contributed by atoms with Gasteiger partial charge in [-0.1, -0.05) is 48.0 Å². The molecule has 0 aliphatic heterocycles. The maximum Gasteiger partial charge on any atom is 0.260 e. The number of aromatic nitrogens is 3. The normalized spacial score (nSPS) is 10.9. The summed E-state index contributed by atoms with van der Waals surface area (Å²) < 4.78 is 1.54. The van der Waals surface area contributed by atoms with Gasteiger partial charge in [0, 0.05) is 34.9 Å². The van der Waals surface area contributed by atoms with E-state index in [1.165, 1.54) is 0 Å². The van der Waals surface area contributed by atoms with Crippen LogP contribution in [0.4, 0.5) is 11.6 Å². The van der Waals surface area contributed by atoms with Gasteiger partial charge < -0.3 is 5.32 Å². The monoisotopic (exact) mass is 376 g/mol. The van der Waals surface area contributed by atoms with Crippen molar-refractivity contribution in [3.63, 3.8) is 0 Å². The third-order valence-corrected chi connectivity index (χ3v) is 4.89. The molecular weight excluding hydrogens is 360 g/mol. The zero-order valence-corrected chi connectivity index (χ0v) is 15.7. The van der Waals surface area contributed by atoms with E-state index in [-0.39, 0.29) is 5.56 Å². The van der Waals surface area contributed by atoms with Gasteiger partial charge in [-0.15, -0.1) is 0 Å². The van der Waals surface area contributed by atoms with Crippen molar-refractivity contribution in [1.82, 2.24) is 14.5 Å². The first-order valence-electron chi connectivity index (χ1n) is 8.49. The van der Waals surface area contributed by atoms with Crippen LogP contribution in [0.3, 0.4) is 0 Å². The molecule has 0 spiro atoms. The van der Waals surface area contributed by atoms with E-state index >= 15 is 0 Å². The van der Waals surface area contributed by atoms with Crippen molar-refractivity contribution >= 4 is 34.3 Å². The summed E-state index contributed by atoms with van der Waals surface area (Å²) in [5.74, 6) is 0.439. The third-order valence-electron chi connectivity index (χ3n) is 4.56. The maximum atomic E-state index is 13.0. The summed E-state index contributed by atoms with van der Waals surface area (Å²) in [6, 6.07) is 17.0. The number of rotatable bonds is 3. The molecule has 0 amide bonds. The molecule has 0 saturated carbocycles. The predicted molar refractivity (Wildman–Crippen MR) is 110 cm³/mol. The number of pyridine rings is 1. The number of anilines is 2. The molecule has 0 atom stereocenters. The molecular formula is C21H17ClN4O. The van der Waals surface area contributed by atoms with Gasteiger partial charge >= 0.3 is 0 Å². The van der Waals surface area contributed by atoms with Crippen molar-refractivity contribution in [3.05, 3.63) is 81.7 Å². The number of hydrogen-bond acceptors (Lipinski definition) is 4. The van der Waals surface area contributed by atoms with Crippen LogP contribution >= 0.6 is 11.6 Å². The van der Waals surface area contributed by atoms with Gasteiger partial charge in [0.15, 0.2) is 0 Å². The van der Waals surface area contributed by atoms with Crippen molar-refractivity contribution < 1.29 is 0 Å². The molecule has 0 aliphatic carbocycles. The second kappa shape index (κ2) is 6.85. The second-order valence-corrected chi connectivity index (χ2v) is 6.67. The van der Waals surface area contributed by atoms with Crippen molar-refractivity contribution in [1.29, 1.82) is 0 Å². The molecule has 0 saturated heterocycles. The van der Waals surface area contributed by atoms with Crippen molar-refractivity contribution in [2.75, 3.05) is 5.32 Å². The lowest BCUT2D eigenvalue weighted by molar-refractivity contribution is 0.884. The van der Waals surface area contributed by atoms with Crippen LogP contribution in [0.25, 0.3) is 22.2 Å². The quantitative estimate of drug-likeness (QED) is 0.563. The van der Waals surface area contributed by atoms with Gasteiger partial charge in [0.2, 0.25) is 5.95 Å². The van der Waals surface area contributed by atoms with Crippen LogP contribution < -0.4 is 10.9 Å². The summed E-state index contributed by atoms with van der Waals surface area (Å²) in [5.41, 5.74) is 3.41. The Morgan fingerprint density at radius 2 is 1.74 bits per heavy atom. The molecule has 5 nitrogen and oxygen atoms in total. The largest absolute Gasteiger partial charge is 0.324 e. The van der Waals surface area contributed by atoms with Gasteiger partial charge in [-0.2, -0.15) is 4.98 Å². The molecule has 2 aromatic carbocycles. The highest BCUT2D eigenvalue weighted by atomic mass is 35.5. The lowest BCUT2D eigenvalue weighted by Crippen LogP contribution is -2.22. The van der Waals surface area contributed by atoms with E-state index in [0.717, 1.165) is 16.6 Å². The van der Waals surface area contributed by atoms with Crippen LogP contribution in [0.5, 0.6) is 0 Å². The molecule has 0 aliphatic rings. The molecule has 27 heavy (non-hydrogen) atoms. The van der Waals surface area contributed by atoms with E-state index in [1.54, 1.807) is 23.9 Å². The number of nitrogens with one attached hydrogen (secondary N) is 1. The van der Waals surface area contributed by atoms with E-state index in [9.17, 15) is 4.79 Å². The topological polar surface area (TPSA) is 59.8 Å². The Hall–Kier alpha value is -3.18. The van der Waals surface area contributed by atoms with Gasteiger partial charge in [-0.3, -0.25) is 9.36 Å². The first-order valence-corrected chi connectivity index (χ1v) is 8.87. The fourth-order valence-electron chi connectivity index (χ4n) is 3.14. The SMILES string of the molecule is Cc1c(-c2ccccc2Cl)c(=O)n(C)c2nc(Nc3ccccc3)ncc12. The van der Waals surface area contributed by atoms with Crippen LogP contribution in [0.1, 0.15) is 5.56 Å². The summed E-state index contributed by atoms with van der Waals surface area (Å²) in [6.07, 6.45) is 1.74. The highest BCUT2D eigenvalue weighted by molar-refractivity contribution is 6.33. The number of para-hydroxylation sites is 1. The molecule has 4 aromatic rings. The predicted octanol–water partition coefficient (Wildman–Crippen LogP) is 4.70. The number of benzene rings is 2. The van der Waals surface area contributed by atoms with Crippen LogP contribution in [0, 0.1) is 6.92 Å². The minimum atomic E-state index is -0.141. The number of fused-ring (bicyclic) bond motifs is 1. The molecule has 0 unspecified atom stereocenters. The smallest absolute Gasteiger partial charge is 0.260 e. The zero-order valence-electron chi connectivity index (χ0n) is 14.9. The molecule has 2 heterocycles. The zero-order chi connectivity index (χ0) is 19.0. The lowest BCUT2D eigenvalue weighted by atomic mass is 10.00. The fourth-order valence-corrected chi connectivity index (χ4v) is 3.37. The third kappa shape index (κ3) is 3.06. The van der Waals surface area contributed by atoms with E-state index in [1.807, 2.05) is 55.5 Å². The highest BCUT2D eigenvalue weighted by Crippen LogP contribution is 2.30. The van der Waals surface area contributed by atoms with E-state index < -0.39 is 0 Å². The minimum absolute atomic E-state index is 0.141. The van der Waals surface area contributed by atoms with Crippen LogP contribution in [0.2, 0.25) is 5.02 Å². The highest BCUT2D eigenvalue weighted by Gasteiger charge is 2.17. The molecule has 4 rings (SSSR count). The van der Waals surface area contributed by atoms with E-state index in [2.05, 4.69) is 15.3 Å². The Morgan fingerprint density at radius 1 is 1.04 bits per heavy atom. The van der Waals surface area contributed by atoms with Crippen molar-refractivity contribution in [2.24, 2.45) is 7.05 Å². The van der Waals surface area contributed by atoms with E-state index in [4.69, 9.17) is 11.6 Å². The number of hydrogen-bond donors (Lipinski definition) is 1. The molecule has 1 N–H and O–H groups in total. The molecule has 134 valence electrons. The summed E-state index contributed by atoms with van der Waals surface area (Å²) in [7, 11) is 1.71. The van der Waals surface area contributed by atoms with Gasteiger partial charge in [0.25, 0.3) is 5.56 Å². The Balaban J connectivity index is 1.90. The van der Waals surface area contributed by atoms with Crippen molar-refractivity contribution in [2.45, 2.75) is 6.92 Å².